The number of nitrogens with one attached hydrogen (secondary N) is 2. The molecule has 4 N–H and O–H groups in total. The van der Waals surface area contributed by atoms with Crippen LogP contribution in [0.1, 0.15) is 42.6 Å². The predicted octanol–water partition coefficient (Wildman–Crippen LogP) is 5.60. The number of fused-ring (bicyclic) bond motifs is 1. The zero-order chi connectivity index (χ0) is 24.3. The number of aromatic amines is 1. The van der Waals surface area contributed by atoms with Crippen molar-refractivity contribution in [3.8, 4) is 22.4 Å². The van der Waals surface area contributed by atoms with Gasteiger partial charge >= 0.3 is 0 Å². The molecule has 7 nitrogen and oxygen atoms in total. The van der Waals surface area contributed by atoms with Crippen LogP contribution in [0.4, 0.5) is 5.82 Å². The van der Waals surface area contributed by atoms with Crippen LogP contribution in [-0.4, -0.2) is 31.5 Å². The lowest BCUT2D eigenvalue weighted by molar-refractivity contribution is 0.489. The molecule has 5 heterocycles. The van der Waals surface area contributed by atoms with Crippen LogP contribution in [0.25, 0.3) is 33.4 Å². The number of nitrogens with zero attached hydrogens (tertiary/aromatic N) is 4. The Morgan fingerprint density at radius 1 is 1.03 bits per heavy atom. The topological polar surface area (TPSA) is 105 Å². The molecule has 1 fully saturated rings. The quantitative estimate of drug-likeness (QED) is 0.259. The lowest BCUT2D eigenvalue weighted by atomic mass is 10.0. The fourth-order valence-electron chi connectivity index (χ4n) is 5.06. The van der Waals surface area contributed by atoms with Crippen LogP contribution in [-0.2, 0) is 13.0 Å². The van der Waals surface area contributed by atoms with E-state index in [-0.39, 0.29) is 0 Å². The SMILES string of the molecule is Nc1ncc(-c2cncc(CNCC3CCCC3)c2)cc1Cc1nc2c(-c3ccsc3)nccc2[nH]1. The number of hydrogen-bond donors (Lipinski definition) is 3. The van der Waals surface area contributed by atoms with Gasteiger partial charge in [-0.05, 0) is 60.5 Å². The minimum atomic E-state index is 0.512. The summed E-state index contributed by atoms with van der Waals surface area (Å²) in [5.41, 5.74) is 14.2. The van der Waals surface area contributed by atoms with E-state index in [1.54, 1.807) is 11.3 Å². The monoisotopic (exact) mass is 495 g/mol. The van der Waals surface area contributed by atoms with Gasteiger partial charge in [-0.3, -0.25) is 9.97 Å². The van der Waals surface area contributed by atoms with Gasteiger partial charge in [0.2, 0.25) is 0 Å². The van der Waals surface area contributed by atoms with Crippen molar-refractivity contribution in [1.82, 2.24) is 30.2 Å². The van der Waals surface area contributed by atoms with Crippen LogP contribution in [0.3, 0.4) is 0 Å². The second kappa shape index (κ2) is 10.2. The third kappa shape index (κ3) is 4.87. The maximum absolute atomic E-state index is 6.28. The Morgan fingerprint density at radius 3 is 2.78 bits per heavy atom. The van der Waals surface area contributed by atoms with E-state index in [0.29, 0.717) is 12.2 Å². The lowest BCUT2D eigenvalue weighted by Gasteiger charge is -2.11. The third-order valence-corrected chi connectivity index (χ3v) is 7.65. The smallest absolute Gasteiger partial charge is 0.127 e. The van der Waals surface area contributed by atoms with E-state index in [4.69, 9.17) is 10.7 Å². The summed E-state index contributed by atoms with van der Waals surface area (Å²) in [5, 5.41) is 7.75. The van der Waals surface area contributed by atoms with E-state index < -0.39 is 0 Å². The fourth-order valence-corrected chi connectivity index (χ4v) is 5.70. The minimum absolute atomic E-state index is 0.512. The maximum atomic E-state index is 6.28. The number of hydrogen-bond acceptors (Lipinski definition) is 7. The molecular weight excluding hydrogens is 466 g/mol. The lowest BCUT2D eigenvalue weighted by Crippen LogP contribution is -2.20. The summed E-state index contributed by atoms with van der Waals surface area (Å²) in [6, 6.07) is 8.31. The summed E-state index contributed by atoms with van der Waals surface area (Å²) < 4.78 is 0. The van der Waals surface area contributed by atoms with Gasteiger partial charge in [0.25, 0.3) is 0 Å². The molecule has 0 aromatic carbocycles. The molecule has 0 bridgehead atoms. The Bertz CT molecular complexity index is 1470. The first-order valence-electron chi connectivity index (χ1n) is 12.5. The number of imidazole rings is 1. The van der Waals surface area contributed by atoms with Crippen LogP contribution in [0.15, 0.2) is 59.8 Å². The average molecular weight is 496 g/mol. The number of aromatic nitrogens is 5. The zero-order valence-electron chi connectivity index (χ0n) is 20.1. The van der Waals surface area contributed by atoms with Crippen molar-refractivity contribution in [2.75, 3.05) is 12.3 Å². The molecule has 0 aliphatic heterocycles. The molecule has 0 saturated heterocycles. The van der Waals surface area contributed by atoms with Crippen LogP contribution in [0.2, 0.25) is 0 Å². The summed E-state index contributed by atoms with van der Waals surface area (Å²) in [4.78, 5) is 21.9. The molecule has 0 amide bonds. The highest BCUT2D eigenvalue weighted by Crippen LogP contribution is 2.29. The number of thiophene rings is 1. The predicted molar refractivity (Wildman–Crippen MR) is 146 cm³/mol. The third-order valence-electron chi connectivity index (χ3n) is 6.97. The van der Waals surface area contributed by atoms with E-state index >= 15 is 0 Å². The number of nitrogen functional groups attached to an aromatic ring is 1. The molecule has 1 aliphatic carbocycles. The molecule has 6 rings (SSSR count). The van der Waals surface area contributed by atoms with E-state index in [1.807, 2.05) is 30.9 Å². The Morgan fingerprint density at radius 2 is 1.92 bits per heavy atom. The van der Waals surface area contributed by atoms with Gasteiger partial charge in [-0.2, -0.15) is 11.3 Å². The van der Waals surface area contributed by atoms with E-state index in [2.05, 4.69) is 54.2 Å². The molecule has 1 saturated carbocycles. The molecule has 0 unspecified atom stereocenters. The van der Waals surface area contributed by atoms with Crippen molar-refractivity contribution in [2.45, 2.75) is 38.6 Å². The highest BCUT2D eigenvalue weighted by Gasteiger charge is 2.15. The molecule has 182 valence electrons. The van der Waals surface area contributed by atoms with Crippen molar-refractivity contribution in [3.63, 3.8) is 0 Å². The van der Waals surface area contributed by atoms with Gasteiger partial charge in [0.1, 0.15) is 17.2 Å². The second-order valence-corrected chi connectivity index (χ2v) is 10.3. The van der Waals surface area contributed by atoms with Crippen molar-refractivity contribution in [3.05, 3.63) is 76.8 Å². The van der Waals surface area contributed by atoms with Gasteiger partial charge < -0.3 is 16.0 Å². The Labute approximate surface area is 214 Å². The largest absolute Gasteiger partial charge is 0.383 e. The Kier molecular flexibility index (Phi) is 6.44. The van der Waals surface area contributed by atoms with Gasteiger partial charge in [0.05, 0.1) is 11.2 Å². The van der Waals surface area contributed by atoms with E-state index in [9.17, 15) is 0 Å². The van der Waals surface area contributed by atoms with Crippen LogP contribution in [0.5, 0.6) is 0 Å². The van der Waals surface area contributed by atoms with Gasteiger partial charge in [-0.1, -0.05) is 12.8 Å². The highest BCUT2D eigenvalue weighted by atomic mass is 32.1. The summed E-state index contributed by atoms with van der Waals surface area (Å²) in [7, 11) is 0. The number of pyridine rings is 3. The van der Waals surface area contributed by atoms with Crippen molar-refractivity contribution in [2.24, 2.45) is 5.92 Å². The van der Waals surface area contributed by atoms with Crippen molar-refractivity contribution >= 4 is 28.2 Å². The first-order chi connectivity index (χ1) is 17.7. The van der Waals surface area contributed by atoms with Crippen molar-refractivity contribution in [1.29, 1.82) is 0 Å². The maximum Gasteiger partial charge on any atom is 0.127 e. The van der Waals surface area contributed by atoms with Crippen LogP contribution >= 0.6 is 11.3 Å². The molecule has 0 radical (unpaired) electrons. The van der Waals surface area contributed by atoms with Crippen molar-refractivity contribution < 1.29 is 0 Å². The Hall–Kier alpha value is -3.62. The van der Waals surface area contributed by atoms with Gasteiger partial charge in [-0.15, -0.1) is 0 Å². The summed E-state index contributed by atoms with van der Waals surface area (Å²) >= 11 is 1.65. The number of nitrogens with two attached hydrogens (primary N) is 1. The molecule has 0 spiro atoms. The standard InChI is InChI=1S/C28H29N7S/c29-28-21(11-25-34-24-5-7-32-26(27(24)35-25)20-6-8-36-17-20)10-23(16-33-28)22-9-19(14-31-15-22)13-30-12-18-3-1-2-4-18/h5-10,14-18,30H,1-4,11-13H2,(H2,29,33)(H,34,35). The number of H-pyrrole nitrogens is 1. The first-order valence-corrected chi connectivity index (χ1v) is 13.4. The number of anilines is 1. The molecule has 36 heavy (non-hydrogen) atoms. The van der Waals surface area contributed by atoms with Gasteiger partial charge in [0.15, 0.2) is 0 Å². The van der Waals surface area contributed by atoms with E-state index in [0.717, 1.165) is 63.8 Å². The summed E-state index contributed by atoms with van der Waals surface area (Å²) in [6.07, 6.45) is 13.5. The first kappa shape index (κ1) is 22.8. The molecule has 1 aliphatic rings. The highest BCUT2D eigenvalue weighted by molar-refractivity contribution is 7.08. The molecule has 5 aromatic rings. The fraction of sp³-hybridized carbons (Fsp3) is 0.286. The molecule has 8 heteroatoms. The average Bonchev–Trinajstić information content (AvgIpc) is 3.67. The van der Waals surface area contributed by atoms with Gasteiger partial charge in [-0.25, -0.2) is 9.97 Å². The number of rotatable bonds is 8. The summed E-state index contributed by atoms with van der Waals surface area (Å²) in [6.45, 7) is 1.91. The molecule has 0 atom stereocenters. The van der Waals surface area contributed by atoms with Gasteiger partial charge in [0, 0.05) is 65.4 Å². The van der Waals surface area contributed by atoms with Crippen LogP contribution in [0, 0.1) is 5.92 Å². The summed E-state index contributed by atoms with van der Waals surface area (Å²) in [5.74, 6) is 2.17. The van der Waals surface area contributed by atoms with E-state index in [1.165, 1.54) is 31.2 Å². The normalized spacial score (nSPS) is 14.1. The second-order valence-electron chi connectivity index (χ2n) is 9.56. The minimum Gasteiger partial charge on any atom is -0.383 e. The zero-order valence-corrected chi connectivity index (χ0v) is 20.9. The molecular formula is C28H29N7S. The van der Waals surface area contributed by atoms with Crippen LogP contribution < -0.4 is 11.1 Å². The molecule has 5 aromatic heterocycles. The Balaban J connectivity index is 1.22.